The molecule has 0 aliphatic rings. The third-order valence-electron chi connectivity index (χ3n) is 3.64. The van der Waals surface area contributed by atoms with Gasteiger partial charge in [-0.3, -0.25) is 4.79 Å². The lowest BCUT2D eigenvalue weighted by atomic mass is 10.2. The van der Waals surface area contributed by atoms with Crippen molar-refractivity contribution in [1.82, 2.24) is 20.3 Å². The molecule has 1 amide bonds. The van der Waals surface area contributed by atoms with E-state index in [1.165, 1.54) is 11.3 Å². The maximum atomic E-state index is 12.1. The molecule has 1 aromatic carbocycles. The van der Waals surface area contributed by atoms with Crippen molar-refractivity contribution in [2.24, 2.45) is 0 Å². The van der Waals surface area contributed by atoms with E-state index >= 15 is 0 Å². The Morgan fingerprint density at radius 1 is 1.26 bits per heavy atom. The van der Waals surface area contributed by atoms with Gasteiger partial charge in [0.05, 0.1) is 6.61 Å². The smallest absolute Gasteiger partial charge is 0.227 e. The van der Waals surface area contributed by atoms with E-state index in [2.05, 4.69) is 25.7 Å². The molecule has 2 aromatic heterocycles. The molecule has 1 N–H and O–H groups in total. The summed E-state index contributed by atoms with van der Waals surface area (Å²) in [7, 11) is 0. The van der Waals surface area contributed by atoms with E-state index in [9.17, 15) is 4.79 Å². The number of hydrogen-bond acceptors (Lipinski definition) is 8. The van der Waals surface area contributed by atoms with Crippen molar-refractivity contribution in [3.63, 3.8) is 0 Å². The Bertz CT molecular complexity index is 889. The quantitative estimate of drug-likeness (QED) is 0.629. The van der Waals surface area contributed by atoms with E-state index in [1.54, 1.807) is 0 Å². The molecule has 0 spiro atoms. The van der Waals surface area contributed by atoms with Crippen LogP contribution >= 0.6 is 11.3 Å². The Labute approximate surface area is 161 Å². The molecule has 0 fully saturated rings. The second kappa shape index (κ2) is 8.72. The highest BCUT2D eigenvalue weighted by Gasteiger charge is 2.13. The van der Waals surface area contributed by atoms with Gasteiger partial charge in [0.1, 0.15) is 10.8 Å². The monoisotopic (exact) mass is 387 g/mol. The molecule has 0 unspecified atom stereocenters. The highest BCUT2D eigenvalue weighted by Crippen LogP contribution is 2.23. The summed E-state index contributed by atoms with van der Waals surface area (Å²) in [5.41, 5.74) is 0.827. The predicted molar refractivity (Wildman–Crippen MR) is 102 cm³/mol. The van der Waals surface area contributed by atoms with Gasteiger partial charge in [-0.05, 0) is 31.2 Å². The molecule has 0 aliphatic carbocycles. The van der Waals surface area contributed by atoms with E-state index in [0.29, 0.717) is 29.9 Å². The summed E-state index contributed by atoms with van der Waals surface area (Å²) in [4.78, 5) is 16.4. The summed E-state index contributed by atoms with van der Waals surface area (Å²) in [5, 5.41) is 16.1. The van der Waals surface area contributed by atoms with Crippen LogP contribution in [0.3, 0.4) is 0 Å². The van der Waals surface area contributed by atoms with Crippen LogP contribution in [-0.2, 0) is 11.2 Å². The van der Waals surface area contributed by atoms with Crippen molar-refractivity contribution in [3.05, 3.63) is 35.2 Å². The molecule has 2 heterocycles. The van der Waals surface area contributed by atoms with Crippen LogP contribution in [0.15, 0.2) is 28.8 Å². The summed E-state index contributed by atoms with van der Waals surface area (Å²) < 4.78 is 10.6. The summed E-state index contributed by atoms with van der Waals surface area (Å²) in [6, 6.07) is 7.45. The van der Waals surface area contributed by atoms with Gasteiger partial charge in [-0.15, -0.1) is 10.2 Å². The SMILES string of the molecule is CCOc1ccc(-c2noc(CCC(=O)Nc3nnc(C(C)C)s3)n2)cc1. The minimum Gasteiger partial charge on any atom is -0.494 e. The van der Waals surface area contributed by atoms with E-state index in [4.69, 9.17) is 9.26 Å². The van der Waals surface area contributed by atoms with Gasteiger partial charge in [-0.25, -0.2) is 0 Å². The highest BCUT2D eigenvalue weighted by atomic mass is 32.1. The standard InChI is InChI=1S/C18H21N5O3S/c1-4-25-13-7-5-12(6-8-13)16-20-15(26-23-16)10-9-14(24)19-18-22-21-17(27-18)11(2)3/h5-8,11H,4,9-10H2,1-3H3,(H,19,22,24). The van der Waals surface area contributed by atoms with Crippen LogP contribution in [0.25, 0.3) is 11.4 Å². The van der Waals surface area contributed by atoms with Crippen LogP contribution in [0.2, 0.25) is 0 Å². The van der Waals surface area contributed by atoms with Crippen molar-refractivity contribution in [1.29, 1.82) is 0 Å². The zero-order valence-electron chi connectivity index (χ0n) is 15.4. The van der Waals surface area contributed by atoms with Gasteiger partial charge in [-0.1, -0.05) is 30.3 Å². The van der Waals surface area contributed by atoms with Crippen molar-refractivity contribution in [2.75, 3.05) is 11.9 Å². The Hall–Kier alpha value is -2.81. The zero-order valence-corrected chi connectivity index (χ0v) is 16.2. The first kappa shape index (κ1) is 19.0. The number of benzene rings is 1. The molecule has 0 radical (unpaired) electrons. The zero-order chi connectivity index (χ0) is 19.2. The summed E-state index contributed by atoms with van der Waals surface area (Å²) in [6.07, 6.45) is 0.577. The van der Waals surface area contributed by atoms with Gasteiger partial charge < -0.3 is 14.6 Å². The van der Waals surface area contributed by atoms with Crippen molar-refractivity contribution in [3.8, 4) is 17.1 Å². The Kier molecular flexibility index (Phi) is 6.12. The number of nitrogens with one attached hydrogen (secondary N) is 1. The van der Waals surface area contributed by atoms with Gasteiger partial charge in [0, 0.05) is 24.3 Å². The lowest BCUT2D eigenvalue weighted by Crippen LogP contribution is -2.12. The molecule has 3 rings (SSSR count). The van der Waals surface area contributed by atoms with Crippen molar-refractivity contribution >= 4 is 22.4 Å². The number of nitrogens with zero attached hydrogens (tertiary/aromatic N) is 4. The number of carbonyl (C=O) groups is 1. The molecule has 0 aliphatic heterocycles. The van der Waals surface area contributed by atoms with Crippen LogP contribution in [-0.4, -0.2) is 32.9 Å². The Morgan fingerprint density at radius 3 is 2.70 bits per heavy atom. The van der Waals surface area contributed by atoms with E-state index in [-0.39, 0.29) is 18.2 Å². The number of aromatic nitrogens is 4. The third kappa shape index (κ3) is 5.10. The van der Waals surface area contributed by atoms with E-state index in [0.717, 1.165) is 16.3 Å². The Morgan fingerprint density at radius 2 is 2.04 bits per heavy atom. The molecule has 0 bridgehead atoms. The molecule has 9 heteroatoms. The number of hydrogen-bond donors (Lipinski definition) is 1. The number of aryl methyl sites for hydroxylation is 1. The van der Waals surface area contributed by atoms with Gasteiger partial charge in [0.25, 0.3) is 0 Å². The molecule has 0 saturated carbocycles. The molecule has 0 atom stereocenters. The summed E-state index contributed by atoms with van der Waals surface area (Å²) in [5.74, 6) is 1.81. The molecule has 3 aromatic rings. The molecule has 0 saturated heterocycles. The fourth-order valence-electron chi connectivity index (χ4n) is 2.26. The van der Waals surface area contributed by atoms with Crippen molar-refractivity contribution < 1.29 is 14.1 Å². The van der Waals surface area contributed by atoms with Crippen LogP contribution in [0.4, 0.5) is 5.13 Å². The van der Waals surface area contributed by atoms with E-state index in [1.807, 2.05) is 45.0 Å². The Balaban J connectivity index is 1.53. The first-order chi connectivity index (χ1) is 13.0. The molecule has 8 nitrogen and oxygen atoms in total. The first-order valence-electron chi connectivity index (χ1n) is 8.74. The lowest BCUT2D eigenvalue weighted by molar-refractivity contribution is -0.116. The second-order valence-corrected chi connectivity index (χ2v) is 7.13. The maximum Gasteiger partial charge on any atom is 0.227 e. The van der Waals surface area contributed by atoms with Gasteiger partial charge in [0.15, 0.2) is 0 Å². The topological polar surface area (TPSA) is 103 Å². The normalized spacial score (nSPS) is 11.0. The number of ether oxygens (including phenoxy) is 1. The second-order valence-electron chi connectivity index (χ2n) is 6.12. The lowest BCUT2D eigenvalue weighted by Gasteiger charge is -2.02. The van der Waals surface area contributed by atoms with Crippen LogP contribution in [0.5, 0.6) is 5.75 Å². The first-order valence-corrected chi connectivity index (χ1v) is 9.56. The summed E-state index contributed by atoms with van der Waals surface area (Å²) >= 11 is 1.38. The molecular weight excluding hydrogens is 366 g/mol. The van der Waals surface area contributed by atoms with Gasteiger partial charge >= 0.3 is 0 Å². The van der Waals surface area contributed by atoms with Crippen LogP contribution < -0.4 is 10.1 Å². The predicted octanol–water partition coefficient (Wildman–Crippen LogP) is 3.68. The van der Waals surface area contributed by atoms with E-state index < -0.39 is 0 Å². The largest absolute Gasteiger partial charge is 0.494 e. The summed E-state index contributed by atoms with van der Waals surface area (Å²) in [6.45, 7) is 6.61. The fourth-order valence-corrected chi connectivity index (χ4v) is 3.02. The minimum atomic E-state index is -0.165. The van der Waals surface area contributed by atoms with Crippen LogP contribution in [0, 0.1) is 0 Å². The average Bonchev–Trinajstić information content (AvgIpc) is 3.30. The van der Waals surface area contributed by atoms with Gasteiger partial charge in [-0.2, -0.15) is 4.98 Å². The fraction of sp³-hybridized carbons (Fsp3) is 0.389. The number of anilines is 1. The maximum absolute atomic E-state index is 12.1. The number of amides is 1. The molecular formula is C18H21N5O3S. The van der Waals surface area contributed by atoms with Crippen molar-refractivity contribution in [2.45, 2.75) is 39.5 Å². The average molecular weight is 387 g/mol. The van der Waals surface area contributed by atoms with Gasteiger partial charge in [0.2, 0.25) is 22.8 Å². The highest BCUT2D eigenvalue weighted by molar-refractivity contribution is 7.15. The number of carbonyl (C=O) groups excluding carboxylic acids is 1. The third-order valence-corrected chi connectivity index (χ3v) is 4.78. The molecule has 142 valence electrons. The molecule has 27 heavy (non-hydrogen) atoms. The minimum absolute atomic E-state index is 0.165. The number of rotatable bonds is 8. The van der Waals surface area contributed by atoms with Crippen LogP contribution in [0.1, 0.15) is 44.0 Å².